The van der Waals surface area contributed by atoms with Crippen LogP contribution in [0, 0.1) is 5.92 Å². The van der Waals surface area contributed by atoms with Crippen molar-refractivity contribution < 1.29 is 9.59 Å². The number of nitrogens with two attached hydrogens (primary N) is 2. The summed E-state index contributed by atoms with van der Waals surface area (Å²) in [6.45, 7) is 0.900. The molecule has 0 aliphatic carbocycles. The van der Waals surface area contributed by atoms with E-state index in [9.17, 15) is 9.59 Å². The van der Waals surface area contributed by atoms with E-state index in [0.29, 0.717) is 25.2 Å². The van der Waals surface area contributed by atoms with Gasteiger partial charge in [-0.05, 0) is 36.1 Å². The number of hydrogen-bond donors (Lipinski definition) is 3. The quantitative estimate of drug-likeness (QED) is 0.588. The summed E-state index contributed by atoms with van der Waals surface area (Å²) in [4.78, 5) is 26.5. The second kappa shape index (κ2) is 10.3. The summed E-state index contributed by atoms with van der Waals surface area (Å²) in [7, 11) is 0. The highest BCUT2D eigenvalue weighted by Gasteiger charge is 2.34. The molecule has 2 aromatic carbocycles. The van der Waals surface area contributed by atoms with Crippen LogP contribution in [-0.4, -0.2) is 23.3 Å². The summed E-state index contributed by atoms with van der Waals surface area (Å²) in [5, 5.41) is 2.68. The van der Waals surface area contributed by atoms with Crippen molar-refractivity contribution in [3.8, 4) is 0 Å². The molecule has 0 radical (unpaired) electrons. The number of carbonyl (C=O) groups is 2. The third-order valence-electron chi connectivity index (χ3n) is 5.09. The third-order valence-corrected chi connectivity index (χ3v) is 5.09. The fourth-order valence-electron chi connectivity index (χ4n) is 3.40. The van der Waals surface area contributed by atoms with Crippen LogP contribution in [0.4, 0.5) is 0 Å². The van der Waals surface area contributed by atoms with E-state index < -0.39 is 5.92 Å². The molecule has 0 aromatic heterocycles. The molecule has 0 bridgehead atoms. The summed E-state index contributed by atoms with van der Waals surface area (Å²) in [5.41, 5.74) is 14.9. The average Bonchev–Trinajstić information content (AvgIpc) is 3.12. The van der Waals surface area contributed by atoms with Crippen LogP contribution in [0.15, 0.2) is 84.3 Å². The fourth-order valence-corrected chi connectivity index (χ4v) is 3.40. The lowest BCUT2D eigenvalue weighted by molar-refractivity contribution is -0.129. The number of rotatable bonds is 8. The Morgan fingerprint density at radius 3 is 2.30 bits per heavy atom. The molecule has 1 aliphatic heterocycles. The predicted octanol–water partition coefficient (Wildman–Crippen LogP) is 2.43. The zero-order chi connectivity index (χ0) is 21.3. The SMILES string of the molecule is N/C(=C\C=C(/N)NC(=O)C1CC(=O)N(Cc2ccccc2)C1)CCc1ccccc1. The van der Waals surface area contributed by atoms with E-state index >= 15 is 0 Å². The van der Waals surface area contributed by atoms with Gasteiger partial charge in [-0.2, -0.15) is 0 Å². The van der Waals surface area contributed by atoms with Crippen molar-refractivity contribution >= 4 is 11.8 Å². The minimum absolute atomic E-state index is 0.0217. The molecule has 1 saturated heterocycles. The first-order chi connectivity index (χ1) is 14.5. The van der Waals surface area contributed by atoms with Crippen LogP contribution in [0.5, 0.6) is 0 Å². The maximum Gasteiger partial charge on any atom is 0.230 e. The monoisotopic (exact) mass is 404 g/mol. The van der Waals surface area contributed by atoms with Crippen LogP contribution >= 0.6 is 0 Å². The number of nitrogens with one attached hydrogen (secondary N) is 1. The lowest BCUT2D eigenvalue weighted by Crippen LogP contribution is -2.34. The van der Waals surface area contributed by atoms with E-state index in [0.717, 1.165) is 12.0 Å². The Morgan fingerprint density at radius 2 is 1.63 bits per heavy atom. The van der Waals surface area contributed by atoms with Gasteiger partial charge in [0.15, 0.2) is 0 Å². The van der Waals surface area contributed by atoms with Gasteiger partial charge in [0.05, 0.1) is 5.92 Å². The molecule has 6 heteroatoms. The van der Waals surface area contributed by atoms with E-state index in [1.807, 2.05) is 48.5 Å². The summed E-state index contributed by atoms with van der Waals surface area (Å²) in [6, 6.07) is 19.8. The van der Waals surface area contributed by atoms with Crippen molar-refractivity contribution in [3.05, 3.63) is 95.5 Å². The Morgan fingerprint density at radius 1 is 1.00 bits per heavy atom. The highest BCUT2D eigenvalue weighted by molar-refractivity contribution is 5.89. The van der Waals surface area contributed by atoms with Crippen molar-refractivity contribution in [2.75, 3.05) is 6.54 Å². The van der Waals surface area contributed by atoms with E-state index in [-0.39, 0.29) is 24.1 Å². The van der Waals surface area contributed by atoms with Gasteiger partial charge in [-0.15, -0.1) is 0 Å². The zero-order valence-electron chi connectivity index (χ0n) is 17.0. The number of likely N-dealkylation sites (tertiary alicyclic amines) is 1. The molecule has 30 heavy (non-hydrogen) atoms. The number of allylic oxidation sites excluding steroid dienone is 3. The van der Waals surface area contributed by atoms with E-state index in [2.05, 4.69) is 17.4 Å². The first-order valence-corrected chi connectivity index (χ1v) is 10.1. The van der Waals surface area contributed by atoms with Crippen molar-refractivity contribution in [1.82, 2.24) is 10.2 Å². The Bertz CT molecular complexity index is 923. The zero-order valence-corrected chi connectivity index (χ0v) is 17.0. The van der Waals surface area contributed by atoms with Crippen molar-refractivity contribution in [2.45, 2.75) is 25.8 Å². The molecule has 6 nitrogen and oxygen atoms in total. The molecule has 2 aromatic rings. The number of benzene rings is 2. The molecule has 1 heterocycles. The van der Waals surface area contributed by atoms with Crippen LogP contribution in [0.3, 0.4) is 0 Å². The van der Waals surface area contributed by atoms with Gasteiger partial charge in [0.2, 0.25) is 11.8 Å². The molecule has 3 rings (SSSR count). The smallest absolute Gasteiger partial charge is 0.230 e. The molecular weight excluding hydrogens is 376 g/mol. The summed E-state index contributed by atoms with van der Waals surface area (Å²) >= 11 is 0. The largest absolute Gasteiger partial charge is 0.402 e. The third kappa shape index (κ3) is 6.24. The number of carbonyl (C=O) groups excluding carboxylic acids is 2. The molecule has 1 fully saturated rings. The highest BCUT2D eigenvalue weighted by Crippen LogP contribution is 2.20. The fraction of sp³-hybridized carbons (Fsp3) is 0.250. The normalized spacial score (nSPS) is 17.3. The molecule has 1 aliphatic rings. The molecule has 1 unspecified atom stereocenters. The van der Waals surface area contributed by atoms with Gasteiger partial charge >= 0.3 is 0 Å². The van der Waals surface area contributed by atoms with Gasteiger partial charge in [0, 0.05) is 25.2 Å². The maximum absolute atomic E-state index is 12.5. The van der Waals surface area contributed by atoms with Crippen molar-refractivity contribution in [2.24, 2.45) is 17.4 Å². The standard InChI is InChI=1S/C24H28N4O2/c25-21(12-11-18-7-3-1-4-8-18)13-14-22(26)27-24(30)20-15-23(29)28(17-20)16-19-9-5-2-6-10-19/h1-10,13-14,20H,11-12,15-17,25-26H2,(H,27,30)/b21-13-,22-14+. The summed E-state index contributed by atoms with van der Waals surface area (Å²) in [6.07, 6.45) is 5.04. The molecule has 1 atom stereocenters. The Hall–Kier alpha value is -3.54. The van der Waals surface area contributed by atoms with E-state index in [1.165, 1.54) is 5.56 Å². The topological polar surface area (TPSA) is 101 Å². The number of nitrogens with zero attached hydrogens (tertiary/aromatic N) is 1. The van der Waals surface area contributed by atoms with Gasteiger partial charge in [0.25, 0.3) is 0 Å². The first-order valence-electron chi connectivity index (χ1n) is 10.1. The summed E-state index contributed by atoms with van der Waals surface area (Å²) in [5.74, 6) is -0.459. The van der Waals surface area contributed by atoms with E-state index in [1.54, 1.807) is 17.1 Å². The van der Waals surface area contributed by atoms with Crippen molar-refractivity contribution in [1.29, 1.82) is 0 Å². The first kappa shape index (κ1) is 21.2. The molecule has 0 spiro atoms. The predicted molar refractivity (Wildman–Crippen MR) is 117 cm³/mol. The van der Waals surface area contributed by atoms with Gasteiger partial charge in [0.1, 0.15) is 5.82 Å². The number of aryl methyl sites for hydroxylation is 1. The molecule has 2 amide bonds. The molecule has 5 N–H and O–H groups in total. The van der Waals surface area contributed by atoms with Gasteiger partial charge in [-0.3, -0.25) is 9.59 Å². The maximum atomic E-state index is 12.5. The molecule has 156 valence electrons. The second-order valence-corrected chi connectivity index (χ2v) is 7.50. The van der Waals surface area contributed by atoms with Crippen LogP contribution in [0.1, 0.15) is 24.0 Å². The lowest BCUT2D eigenvalue weighted by Gasteiger charge is -2.16. The van der Waals surface area contributed by atoms with Crippen molar-refractivity contribution in [3.63, 3.8) is 0 Å². The van der Waals surface area contributed by atoms with Gasteiger partial charge < -0.3 is 21.7 Å². The summed E-state index contributed by atoms with van der Waals surface area (Å²) < 4.78 is 0. The molecular formula is C24H28N4O2. The average molecular weight is 405 g/mol. The number of amides is 2. The van der Waals surface area contributed by atoms with Crippen LogP contribution < -0.4 is 16.8 Å². The van der Waals surface area contributed by atoms with E-state index in [4.69, 9.17) is 11.5 Å². The lowest BCUT2D eigenvalue weighted by atomic mass is 10.1. The van der Waals surface area contributed by atoms with Crippen LogP contribution in [-0.2, 0) is 22.6 Å². The van der Waals surface area contributed by atoms with Gasteiger partial charge in [-0.25, -0.2) is 0 Å². The Balaban J connectivity index is 1.48. The minimum Gasteiger partial charge on any atom is -0.402 e. The van der Waals surface area contributed by atoms with Crippen LogP contribution in [0.2, 0.25) is 0 Å². The van der Waals surface area contributed by atoms with Gasteiger partial charge in [-0.1, -0.05) is 60.7 Å². The molecule has 0 saturated carbocycles. The minimum atomic E-state index is -0.410. The highest BCUT2D eigenvalue weighted by atomic mass is 16.2. The van der Waals surface area contributed by atoms with Crippen LogP contribution in [0.25, 0.3) is 0 Å². The number of hydrogen-bond acceptors (Lipinski definition) is 4. The Labute approximate surface area is 177 Å². The second-order valence-electron chi connectivity index (χ2n) is 7.50. The Kier molecular flexibility index (Phi) is 7.27.